The van der Waals surface area contributed by atoms with Crippen LogP contribution in [-0.2, 0) is 32.1 Å². The number of methoxy groups -OCH3 is 1. The summed E-state index contributed by atoms with van der Waals surface area (Å²) in [6, 6.07) is 15.9. The summed E-state index contributed by atoms with van der Waals surface area (Å²) in [5.74, 6) is 0.0426. The van der Waals surface area contributed by atoms with Gasteiger partial charge < -0.3 is 14.8 Å². The van der Waals surface area contributed by atoms with Crippen LogP contribution in [0.15, 0.2) is 77.5 Å². The maximum atomic E-state index is 13.4. The van der Waals surface area contributed by atoms with Crippen molar-refractivity contribution in [3.63, 3.8) is 0 Å². The van der Waals surface area contributed by atoms with E-state index in [0.717, 1.165) is 21.7 Å². The van der Waals surface area contributed by atoms with Crippen LogP contribution in [0, 0.1) is 6.92 Å². The van der Waals surface area contributed by atoms with Gasteiger partial charge in [-0.1, -0.05) is 48.5 Å². The number of thioether (sulfide) groups is 1. The van der Waals surface area contributed by atoms with E-state index in [1.165, 1.54) is 28.0 Å². The highest BCUT2D eigenvalue weighted by Crippen LogP contribution is 2.41. The molecule has 3 heterocycles. The number of allylic oxidation sites excluding steroid dienone is 1. The molecule has 5 rings (SSSR count). The number of hydrogen-bond donors (Lipinski definition) is 1. The first-order valence-corrected chi connectivity index (χ1v) is 14.3. The van der Waals surface area contributed by atoms with Crippen molar-refractivity contribution in [2.24, 2.45) is 0 Å². The van der Waals surface area contributed by atoms with E-state index >= 15 is 0 Å². The van der Waals surface area contributed by atoms with Gasteiger partial charge in [-0.3, -0.25) is 14.5 Å². The smallest absolute Gasteiger partial charge is 0.355 e. The number of fused-ring (bicyclic) bond motifs is 1. The predicted octanol–water partition coefficient (Wildman–Crippen LogP) is 4.11. The molecule has 2 aromatic carbocycles. The average Bonchev–Trinajstić information content (AvgIpc) is 3.38. The number of benzene rings is 2. The number of ether oxygens (including phenoxy) is 2. The molecular formula is C29H27N3O5S2. The fourth-order valence-electron chi connectivity index (χ4n) is 4.35. The number of carbonyl (C=O) groups excluding carboxylic acids is 3. The van der Waals surface area contributed by atoms with E-state index < -0.39 is 12.0 Å². The van der Waals surface area contributed by atoms with E-state index in [4.69, 9.17) is 9.47 Å². The second-order valence-corrected chi connectivity index (χ2v) is 11.0. The predicted molar refractivity (Wildman–Crippen MR) is 151 cm³/mol. The maximum absolute atomic E-state index is 13.4. The second-order valence-electron chi connectivity index (χ2n) is 9.05. The van der Waals surface area contributed by atoms with Gasteiger partial charge in [-0.15, -0.1) is 23.1 Å². The number of thiazole rings is 1. The molecule has 1 saturated heterocycles. The molecule has 1 aromatic heterocycles. The van der Waals surface area contributed by atoms with Gasteiger partial charge in [0.15, 0.2) is 0 Å². The lowest BCUT2D eigenvalue weighted by Crippen LogP contribution is -2.70. The van der Waals surface area contributed by atoms with Gasteiger partial charge in [0, 0.05) is 10.6 Å². The number of β-lactam (4-membered cyclic amide) rings is 1. The summed E-state index contributed by atoms with van der Waals surface area (Å²) in [6.45, 7) is 1.97. The molecule has 10 heteroatoms. The topological polar surface area (TPSA) is 97.8 Å². The van der Waals surface area contributed by atoms with E-state index in [2.05, 4.69) is 10.3 Å². The van der Waals surface area contributed by atoms with Gasteiger partial charge in [-0.05, 0) is 41.8 Å². The molecule has 0 spiro atoms. The lowest BCUT2D eigenvalue weighted by Gasteiger charge is -2.49. The van der Waals surface area contributed by atoms with Crippen molar-refractivity contribution in [2.45, 2.75) is 31.4 Å². The number of rotatable bonds is 9. The van der Waals surface area contributed by atoms with Gasteiger partial charge in [0.1, 0.15) is 29.5 Å². The highest BCUT2D eigenvalue weighted by atomic mass is 32.2. The Morgan fingerprint density at radius 1 is 1.10 bits per heavy atom. The summed E-state index contributed by atoms with van der Waals surface area (Å²) in [6.07, 6.45) is 3.93. The summed E-state index contributed by atoms with van der Waals surface area (Å²) in [5.41, 5.74) is 5.22. The van der Waals surface area contributed by atoms with Crippen molar-refractivity contribution in [3.8, 4) is 5.75 Å². The molecule has 3 aromatic rings. The first kappa shape index (κ1) is 26.7. The molecule has 0 unspecified atom stereocenters. The number of aromatic nitrogens is 1. The van der Waals surface area contributed by atoms with E-state index in [1.54, 1.807) is 24.8 Å². The molecule has 0 radical (unpaired) electrons. The second kappa shape index (κ2) is 11.9. The highest BCUT2D eigenvalue weighted by molar-refractivity contribution is 8.00. The van der Waals surface area contributed by atoms with Gasteiger partial charge in [-0.25, -0.2) is 9.78 Å². The Morgan fingerprint density at radius 2 is 1.87 bits per heavy atom. The average molecular weight is 562 g/mol. The van der Waals surface area contributed by atoms with Gasteiger partial charge in [0.2, 0.25) is 5.91 Å². The number of amides is 2. The number of nitrogens with one attached hydrogen (secondary N) is 1. The fourth-order valence-corrected chi connectivity index (χ4v) is 6.36. The summed E-state index contributed by atoms with van der Waals surface area (Å²) in [7, 11) is 1.59. The fraction of sp³-hybridized carbons (Fsp3) is 0.241. The van der Waals surface area contributed by atoms with Crippen LogP contribution in [0.3, 0.4) is 0 Å². The number of nitrogens with zero attached hydrogens (tertiary/aromatic N) is 2. The summed E-state index contributed by atoms with van der Waals surface area (Å²) < 4.78 is 10.8. The van der Waals surface area contributed by atoms with Crippen molar-refractivity contribution >= 4 is 47.0 Å². The van der Waals surface area contributed by atoms with Crippen LogP contribution in [0.5, 0.6) is 5.75 Å². The summed E-state index contributed by atoms with van der Waals surface area (Å²) in [4.78, 5) is 46.1. The number of carbonyl (C=O) groups is 3. The molecule has 1 N–H and O–H groups in total. The first-order chi connectivity index (χ1) is 18.9. The Hall–Kier alpha value is -3.89. The third kappa shape index (κ3) is 5.91. The molecule has 1 fully saturated rings. The van der Waals surface area contributed by atoms with Crippen LogP contribution in [0.25, 0.3) is 6.08 Å². The standard InChI is InChI=1S/C29H27N3O5S2/c1-18-23(39-17-30-18)13-10-21-16-38-28-25(31-24(33)14-19-6-4-3-5-7-19)27(34)32(28)26(21)29(35)37-15-20-8-11-22(36-2)12-9-20/h3-13,17,25,28H,14-16H2,1-2H3,(H,31,33)/b13-10+/t25-,28-/m1/s1. The SMILES string of the molecule is COc1ccc(COC(=O)C2=C(/C=C/c3scnc3C)CS[C@@H]3[C@H](NC(=O)Cc4ccccc4)C(=O)N23)cc1. The van der Waals surface area contributed by atoms with Crippen LogP contribution >= 0.6 is 23.1 Å². The van der Waals surface area contributed by atoms with Crippen LogP contribution in [-0.4, -0.2) is 51.9 Å². The minimum atomic E-state index is -0.704. The van der Waals surface area contributed by atoms with Crippen LogP contribution in [0.4, 0.5) is 0 Å². The van der Waals surface area contributed by atoms with E-state index in [0.29, 0.717) is 17.1 Å². The molecule has 0 aliphatic carbocycles. The molecule has 200 valence electrons. The highest BCUT2D eigenvalue weighted by Gasteiger charge is 2.54. The molecule has 39 heavy (non-hydrogen) atoms. The molecule has 2 amide bonds. The molecule has 0 saturated carbocycles. The minimum Gasteiger partial charge on any atom is -0.497 e. The van der Waals surface area contributed by atoms with E-state index in [1.807, 2.05) is 61.5 Å². The summed E-state index contributed by atoms with van der Waals surface area (Å²) in [5, 5.41) is 2.47. The molecule has 8 nitrogen and oxygen atoms in total. The monoisotopic (exact) mass is 561 g/mol. The molecule has 0 bridgehead atoms. The number of esters is 1. The molecule has 2 aliphatic rings. The van der Waals surface area contributed by atoms with Gasteiger partial charge in [0.25, 0.3) is 5.91 Å². The van der Waals surface area contributed by atoms with Crippen molar-refractivity contribution in [1.82, 2.24) is 15.2 Å². The summed E-state index contributed by atoms with van der Waals surface area (Å²) >= 11 is 3.01. The van der Waals surface area contributed by atoms with Gasteiger partial charge >= 0.3 is 5.97 Å². The van der Waals surface area contributed by atoms with Crippen LogP contribution in [0.2, 0.25) is 0 Å². The Kier molecular flexibility index (Phi) is 8.13. The zero-order chi connectivity index (χ0) is 27.4. The lowest BCUT2D eigenvalue weighted by atomic mass is 10.0. The van der Waals surface area contributed by atoms with Crippen LogP contribution in [0.1, 0.15) is 21.7 Å². The number of aryl methyl sites for hydroxylation is 1. The zero-order valence-corrected chi connectivity index (χ0v) is 23.1. The van der Waals surface area contributed by atoms with Gasteiger partial charge in [0.05, 0.1) is 24.7 Å². The Morgan fingerprint density at radius 3 is 2.56 bits per heavy atom. The van der Waals surface area contributed by atoms with Crippen LogP contribution < -0.4 is 10.1 Å². The third-order valence-electron chi connectivity index (χ3n) is 6.46. The van der Waals surface area contributed by atoms with Crippen molar-refractivity contribution < 1.29 is 23.9 Å². The first-order valence-electron chi connectivity index (χ1n) is 12.3. The Balaban J connectivity index is 1.34. The zero-order valence-electron chi connectivity index (χ0n) is 21.5. The quantitative estimate of drug-likeness (QED) is 0.310. The van der Waals surface area contributed by atoms with Crippen molar-refractivity contribution in [3.05, 3.63) is 99.2 Å². The molecule has 2 aliphatic heterocycles. The lowest BCUT2D eigenvalue weighted by molar-refractivity contribution is -0.153. The Bertz CT molecular complexity index is 1430. The Labute approximate surface area is 234 Å². The third-order valence-corrected chi connectivity index (χ3v) is 8.66. The van der Waals surface area contributed by atoms with E-state index in [9.17, 15) is 14.4 Å². The maximum Gasteiger partial charge on any atom is 0.355 e. The van der Waals surface area contributed by atoms with Gasteiger partial charge in [-0.2, -0.15) is 0 Å². The largest absolute Gasteiger partial charge is 0.497 e. The minimum absolute atomic E-state index is 0.0500. The van der Waals surface area contributed by atoms with Crippen molar-refractivity contribution in [1.29, 1.82) is 0 Å². The number of hydrogen-bond acceptors (Lipinski definition) is 8. The van der Waals surface area contributed by atoms with Crippen molar-refractivity contribution in [2.75, 3.05) is 12.9 Å². The normalized spacial score (nSPS) is 18.5. The van der Waals surface area contributed by atoms with E-state index in [-0.39, 0.29) is 35.9 Å². The molecular weight excluding hydrogens is 534 g/mol. The molecule has 2 atom stereocenters.